The van der Waals surface area contributed by atoms with Gasteiger partial charge in [-0.05, 0) is 43.1 Å². The number of likely N-dealkylation sites (N-methyl/N-ethyl adjacent to an activating group) is 1. The van der Waals surface area contributed by atoms with Crippen LogP contribution in [0.5, 0.6) is 5.75 Å². The van der Waals surface area contributed by atoms with Crippen molar-refractivity contribution in [3.8, 4) is 5.75 Å². The molecule has 10 nitrogen and oxygen atoms in total. The number of aromatic nitrogens is 1. The number of carbonyl (C=O) groups is 3. The second-order valence-electron chi connectivity index (χ2n) is 9.17. The number of anilines is 2. The van der Waals surface area contributed by atoms with E-state index in [2.05, 4.69) is 32.5 Å². The predicted molar refractivity (Wildman–Crippen MR) is 161 cm³/mol. The molecule has 0 saturated carbocycles. The number of nitrogens with one attached hydrogen (secondary N) is 2. The normalized spacial score (nSPS) is 14.0. The summed E-state index contributed by atoms with van der Waals surface area (Å²) in [5, 5.41) is 8.12. The second kappa shape index (κ2) is 14.3. The SMILES string of the molecule is CCOC(=O)COc1cc(Cl)cc(C(=O)Nc2ccc(Cl)cn2)c1NC(=O)c1scc(CN2CCN(C)CC2)c1Cl. The van der Waals surface area contributed by atoms with Crippen molar-refractivity contribution in [3.63, 3.8) is 0 Å². The van der Waals surface area contributed by atoms with Crippen LogP contribution < -0.4 is 15.4 Å². The summed E-state index contributed by atoms with van der Waals surface area (Å²) < 4.78 is 10.6. The molecule has 0 bridgehead atoms. The summed E-state index contributed by atoms with van der Waals surface area (Å²) in [4.78, 5) is 47.7. The maximum absolute atomic E-state index is 13.5. The van der Waals surface area contributed by atoms with Gasteiger partial charge in [0.25, 0.3) is 11.8 Å². The molecule has 14 heteroatoms. The van der Waals surface area contributed by atoms with Crippen LogP contribution in [0.3, 0.4) is 0 Å². The quantitative estimate of drug-likeness (QED) is 0.287. The topological polar surface area (TPSA) is 113 Å². The second-order valence-corrected chi connectivity index (χ2v) is 11.3. The van der Waals surface area contributed by atoms with Gasteiger partial charge in [0.2, 0.25) is 0 Å². The van der Waals surface area contributed by atoms with Crippen molar-refractivity contribution in [1.82, 2.24) is 14.8 Å². The number of amides is 2. The van der Waals surface area contributed by atoms with Crippen molar-refractivity contribution in [2.45, 2.75) is 13.5 Å². The smallest absolute Gasteiger partial charge is 0.344 e. The monoisotopic (exact) mass is 639 g/mol. The Hall–Kier alpha value is -2.93. The van der Waals surface area contributed by atoms with E-state index in [1.54, 1.807) is 13.0 Å². The van der Waals surface area contributed by atoms with Crippen LogP contribution in [0.4, 0.5) is 11.5 Å². The molecule has 1 aromatic carbocycles. The fraction of sp³-hybridized carbons (Fsp3) is 0.333. The van der Waals surface area contributed by atoms with E-state index in [9.17, 15) is 14.4 Å². The Kier molecular flexibility index (Phi) is 10.8. The van der Waals surface area contributed by atoms with E-state index in [0.29, 0.717) is 16.6 Å². The standard InChI is InChI=1S/C27H28Cl3N5O5S/c1-3-39-22(36)14-40-20-11-18(29)10-19(26(37)32-21-5-4-17(28)12-31-21)24(20)33-27(38)25-23(30)16(15-41-25)13-35-8-6-34(2)7-9-35/h4-5,10-12,15H,3,6-9,13-14H2,1-2H3,(H,33,38)(H,31,32,37). The number of thiophene rings is 1. The molecule has 0 aliphatic carbocycles. The molecule has 3 heterocycles. The van der Waals surface area contributed by atoms with E-state index < -0.39 is 24.4 Å². The number of hydrogen-bond donors (Lipinski definition) is 2. The number of ether oxygens (including phenoxy) is 2. The predicted octanol–water partition coefficient (Wildman–Crippen LogP) is 5.30. The van der Waals surface area contributed by atoms with Crippen molar-refractivity contribution < 1.29 is 23.9 Å². The van der Waals surface area contributed by atoms with Crippen LogP contribution in [0.25, 0.3) is 0 Å². The lowest BCUT2D eigenvalue weighted by atomic mass is 10.1. The van der Waals surface area contributed by atoms with Crippen LogP contribution in [-0.2, 0) is 16.1 Å². The number of rotatable bonds is 10. The molecule has 4 rings (SSSR count). The van der Waals surface area contributed by atoms with E-state index >= 15 is 0 Å². The van der Waals surface area contributed by atoms with Crippen LogP contribution >= 0.6 is 46.1 Å². The van der Waals surface area contributed by atoms with Gasteiger partial charge in [-0.3, -0.25) is 14.5 Å². The Labute approximate surface area is 256 Å². The van der Waals surface area contributed by atoms with Crippen molar-refractivity contribution in [2.75, 3.05) is 57.1 Å². The molecule has 218 valence electrons. The number of carbonyl (C=O) groups excluding carboxylic acids is 3. The average Bonchev–Trinajstić information content (AvgIpc) is 3.30. The lowest BCUT2D eigenvalue weighted by Crippen LogP contribution is -2.43. The molecule has 0 atom stereocenters. The Morgan fingerprint density at radius 1 is 1.02 bits per heavy atom. The van der Waals surface area contributed by atoms with Gasteiger partial charge in [0.05, 0.1) is 27.9 Å². The molecule has 0 spiro atoms. The third-order valence-corrected chi connectivity index (χ3v) is 8.18. The molecule has 1 aliphatic rings. The maximum Gasteiger partial charge on any atom is 0.344 e. The summed E-state index contributed by atoms with van der Waals surface area (Å²) in [5.41, 5.74) is 0.820. The molecule has 3 aromatic rings. The Bertz CT molecular complexity index is 1410. The van der Waals surface area contributed by atoms with Gasteiger partial charge in [-0.2, -0.15) is 0 Å². The van der Waals surface area contributed by atoms with E-state index in [1.165, 1.54) is 35.7 Å². The largest absolute Gasteiger partial charge is 0.480 e. The first kappa shape index (κ1) is 31.0. The van der Waals surface area contributed by atoms with E-state index in [1.807, 2.05) is 5.38 Å². The van der Waals surface area contributed by atoms with Gasteiger partial charge in [0.1, 0.15) is 16.4 Å². The van der Waals surface area contributed by atoms with Gasteiger partial charge >= 0.3 is 5.97 Å². The van der Waals surface area contributed by atoms with Gasteiger partial charge in [-0.25, -0.2) is 9.78 Å². The van der Waals surface area contributed by atoms with Crippen LogP contribution in [0.15, 0.2) is 35.8 Å². The van der Waals surface area contributed by atoms with Gasteiger partial charge in [-0.1, -0.05) is 34.8 Å². The molecular formula is C27H28Cl3N5O5S. The highest BCUT2D eigenvalue weighted by atomic mass is 35.5. The molecule has 2 amide bonds. The van der Waals surface area contributed by atoms with E-state index in [0.717, 1.165) is 31.7 Å². The summed E-state index contributed by atoms with van der Waals surface area (Å²) >= 11 is 20.1. The van der Waals surface area contributed by atoms with E-state index in [4.69, 9.17) is 44.3 Å². The first-order chi connectivity index (χ1) is 19.6. The van der Waals surface area contributed by atoms with E-state index in [-0.39, 0.29) is 39.3 Å². The first-order valence-electron chi connectivity index (χ1n) is 12.7. The summed E-state index contributed by atoms with van der Waals surface area (Å²) in [6.07, 6.45) is 1.38. The lowest BCUT2D eigenvalue weighted by Gasteiger charge is -2.32. The highest BCUT2D eigenvalue weighted by Crippen LogP contribution is 2.36. The fourth-order valence-electron chi connectivity index (χ4n) is 4.03. The minimum atomic E-state index is -0.633. The fourth-order valence-corrected chi connectivity index (χ4v) is 5.60. The molecule has 1 saturated heterocycles. The molecule has 2 aromatic heterocycles. The Balaban J connectivity index is 1.61. The van der Waals surface area contributed by atoms with Crippen LogP contribution in [0, 0.1) is 0 Å². The van der Waals surface area contributed by atoms with Crippen molar-refractivity contribution in [2.24, 2.45) is 0 Å². The molecule has 1 fully saturated rings. The first-order valence-corrected chi connectivity index (χ1v) is 14.7. The van der Waals surface area contributed by atoms with Crippen LogP contribution in [0.2, 0.25) is 15.1 Å². The molecule has 0 radical (unpaired) electrons. The zero-order valence-corrected chi connectivity index (χ0v) is 25.4. The third-order valence-electron chi connectivity index (χ3n) is 6.17. The molecule has 0 unspecified atom stereocenters. The molecule has 2 N–H and O–H groups in total. The number of halogens is 3. The number of piperazine rings is 1. The zero-order valence-electron chi connectivity index (χ0n) is 22.3. The number of esters is 1. The summed E-state index contributed by atoms with van der Waals surface area (Å²) in [6.45, 7) is 5.69. The summed E-state index contributed by atoms with van der Waals surface area (Å²) in [6, 6.07) is 5.85. The molecule has 41 heavy (non-hydrogen) atoms. The highest BCUT2D eigenvalue weighted by molar-refractivity contribution is 7.13. The van der Waals surface area contributed by atoms with Crippen LogP contribution in [-0.4, -0.2) is 79.0 Å². The minimum absolute atomic E-state index is 0.000228. The van der Waals surface area contributed by atoms with Gasteiger partial charge in [0, 0.05) is 50.0 Å². The maximum atomic E-state index is 13.5. The number of hydrogen-bond acceptors (Lipinski definition) is 9. The third kappa shape index (κ3) is 8.31. The molecule has 1 aliphatic heterocycles. The van der Waals surface area contributed by atoms with Crippen molar-refractivity contribution in [3.05, 3.63) is 66.9 Å². The summed E-state index contributed by atoms with van der Waals surface area (Å²) in [5.74, 6) is -1.59. The van der Waals surface area contributed by atoms with Gasteiger partial charge in [0.15, 0.2) is 6.61 Å². The highest BCUT2D eigenvalue weighted by Gasteiger charge is 2.25. The van der Waals surface area contributed by atoms with Gasteiger partial charge in [-0.15, -0.1) is 11.3 Å². The lowest BCUT2D eigenvalue weighted by molar-refractivity contribution is -0.145. The van der Waals surface area contributed by atoms with Crippen LogP contribution in [0.1, 0.15) is 32.5 Å². The zero-order chi connectivity index (χ0) is 29.5. The van der Waals surface area contributed by atoms with Gasteiger partial charge < -0.3 is 25.0 Å². The average molecular weight is 641 g/mol. The van der Waals surface area contributed by atoms with Crippen molar-refractivity contribution in [1.29, 1.82) is 0 Å². The Morgan fingerprint density at radius 3 is 2.46 bits per heavy atom. The number of nitrogens with zero attached hydrogens (tertiary/aromatic N) is 3. The summed E-state index contributed by atoms with van der Waals surface area (Å²) in [7, 11) is 2.08. The number of benzene rings is 1. The minimum Gasteiger partial charge on any atom is -0.480 e. The number of pyridine rings is 1. The molecular weight excluding hydrogens is 613 g/mol. The Morgan fingerprint density at radius 2 is 1.78 bits per heavy atom. The van der Waals surface area contributed by atoms with Crippen molar-refractivity contribution >= 4 is 75.4 Å².